The maximum Gasteiger partial charge on any atom is 0.334 e. The SMILES string of the molecule is O=C(NC[C@H](O)C(=O)O)c1cc(Cl)cn1C1CC1. The summed E-state index contributed by atoms with van der Waals surface area (Å²) in [7, 11) is 0. The summed E-state index contributed by atoms with van der Waals surface area (Å²) in [4.78, 5) is 22.3. The van der Waals surface area contributed by atoms with Crippen molar-refractivity contribution in [2.75, 3.05) is 6.54 Å². The number of carboxylic acids is 1. The van der Waals surface area contributed by atoms with Gasteiger partial charge in [-0.15, -0.1) is 0 Å². The van der Waals surface area contributed by atoms with Crippen molar-refractivity contribution in [3.63, 3.8) is 0 Å². The fraction of sp³-hybridized carbons (Fsp3) is 0.455. The molecule has 1 atom stereocenters. The maximum absolute atomic E-state index is 11.8. The molecule has 1 fully saturated rings. The summed E-state index contributed by atoms with van der Waals surface area (Å²) in [6, 6.07) is 1.82. The van der Waals surface area contributed by atoms with Crippen LogP contribution < -0.4 is 5.32 Å². The number of carbonyl (C=O) groups excluding carboxylic acids is 1. The summed E-state index contributed by atoms with van der Waals surface area (Å²) >= 11 is 5.85. The molecule has 0 aliphatic heterocycles. The molecule has 0 saturated heterocycles. The van der Waals surface area contributed by atoms with Gasteiger partial charge in [0.25, 0.3) is 5.91 Å². The molecular formula is C11H13ClN2O4. The number of rotatable bonds is 5. The number of hydrogen-bond acceptors (Lipinski definition) is 3. The highest BCUT2D eigenvalue weighted by atomic mass is 35.5. The topological polar surface area (TPSA) is 91.6 Å². The van der Waals surface area contributed by atoms with Gasteiger partial charge in [-0.3, -0.25) is 4.79 Å². The van der Waals surface area contributed by atoms with E-state index in [1.54, 1.807) is 10.8 Å². The summed E-state index contributed by atoms with van der Waals surface area (Å²) in [5.74, 6) is -1.81. The summed E-state index contributed by atoms with van der Waals surface area (Å²) < 4.78 is 1.78. The fourth-order valence-electron chi connectivity index (χ4n) is 1.65. The van der Waals surface area contributed by atoms with Crippen molar-refractivity contribution in [3.8, 4) is 0 Å². The van der Waals surface area contributed by atoms with Crippen molar-refractivity contribution < 1.29 is 19.8 Å². The normalized spacial score (nSPS) is 16.3. The summed E-state index contributed by atoms with van der Waals surface area (Å²) in [5.41, 5.74) is 0.389. The second kappa shape index (κ2) is 4.99. The van der Waals surface area contributed by atoms with Gasteiger partial charge in [0.15, 0.2) is 6.10 Å². The number of amides is 1. The van der Waals surface area contributed by atoms with Gasteiger partial charge in [-0.05, 0) is 18.9 Å². The summed E-state index contributed by atoms with van der Waals surface area (Å²) in [6.45, 7) is -0.332. The number of carbonyl (C=O) groups is 2. The van der Waals surface area contributed by atoms with Crippen LogP contribution in [0.25, 0.3) is 0 Å². The summed E-state index contributed by atoms with van der Waals surface area (Å²) in [6.07, 6.45) is 2.09. The first-order valence-corrected chi connectivity index (χ1v) is 5.93. The second-order valence-corrected chi connectivity index (χ2v) is 4.68. The first kappa shape index (κ1) is 12.9. The molecule has 2 rings (SSSR count). The molecule has 6 nitrogen and oxygen atoms in total. The Kier molecular flexibility index (Phi) is 3.58. The van der Waals surface area contributed by atoms with E-state index in [0.717, 1.165) is 12.8 Å². The van der Waals surface area contributed by atoms with E-state index in [2.05, 4.69) is 5.32 Å². The van der Waals surface area contributed by atoms with Gasteiger partial charge < -0.3 is 20.1 Å². The van der Waals surface area contributed by atoms with Crippen LogP contribution in [0.2, 0.25) is 5.02 Å². The Hall–Kier alpha value is -1.53. The van der Waals surface area contributed by atoms with Crippen molar-refractivity contribution in [2.24, 2.45) is 0 Å². The largest absolute Gasteiger partial charge is 0.479 e. The van der Waals surface area contributed by atoms with Crippen molar-refractivity contribution in [1.29, 1.82) is 0 Å². The second-order valence-electron chi connectivity index (χ2n) is 4.25. The average molecular weight is 273 g/mol. The van der Waals surface area contributed by atoms with Crippen LogP contribution >= 0.6 is 11.6 Å². The number of nitrogens with one attached hydrogen (secondary N) is 1. The zero-order valence-corrected chi connectivity index (χ0v) is 10.2. The minimum atomic E-state index is -1.60. The molecule has 0 aromatic carbocycles. The third-order valence-electron chi connectivity index (χ3n) is 2.73. The van der Waals surface area contributed by atoms with Crippen LogP contribution in [0.4, 0.5) is 0 Å². The van der Waals surface area contributed by atoms with Crippen LogP contribution in [-0.4, -0.2) is 39.3 Å². The van der Waals surface area contributed by atoms with Gasteiger partial charge in [0.1, 0.15) is 5.69 Å². The van der Waals surface area contributed by atoms with Gasteiger partial charge in [-0.2, -0.15) is 0 Å². The lowest BCUT2D eigenvalue weighted by Crippen LogP contribution is -2.37. The van der Waals surface area contributed by atoms with Gasteiger partial charge in [0, 0.05) is 12.2 Å². The number of hydrogen-bond donors (Lipinski definition) is 3. The highest BCUT2D eigenvalue weighted by molar-refractivity contribution is 6.31. The van der Waals surface area contributed by atoms with E-state index >= 15 is 0 Å². The molecule has 1 amide bonds. The third kappa shape index (κ3) is 2.83. The van der Waals surface area contributed by atoms with Crippen molar-refractivity contribution in [3.05, 3.63) is 23.0 Å². The molecule has 3 N–H and O–H groups in total. The molecule has 7 heteroatoms. The van der Waals surface area contributed by atoms with Crippen LogP contribution in [0.1, 0.15) is 29.4 Å². The lowest BCUT2D eigenvalue weighted by Gasteiger charge is -2.10. The van der Waals surface area contributed by atoms with E-state index in [1.807, 2.05) is 0 Å². The van der Waals surface area contributed by atoms with Gasteiger partial charge in [0.2, 0.25) is 0 Å². The van der Waals surface area contributed by atoms with E-state index in [0.29, 0.717) is 16.8 Å². The Morgan fingerprint density at radius 3 is 2.78 bits per heavy atom. The predicted molar refractivity (Wildman–Crippen MR) is 63.7 cm³/mol. The average Bonchev–Trinajstić information content (AvgIpc) is 3.08. The molecule has 1 aromatic rings. The highest BCUT2D eigenvalue weighted by Gasteiger charge is 2.28. The van der Waals surface area contributed by atoms with Crippen LogP contribution in [0, 0.1) is 0 Å². The Morgan fingerprint density at radius 1 is 1.56 bits per heavy atom. The highest BCUT2D eigenvalue weighted by Crippen LogP contribution is 2.37. The molecule has 0 radical (unpaired) electrons. The van der Waals surface area contributed by atoms with Gasteiger partial charge >= 0.3 is 5.97 Å². The van der Waals surface area contributed by atoms with Crippen LogP contribution in [0.15, 0.2) is 12.3 Å². The van der Waals surface area contributed by atoms with Gasteiger partial charge in [0.05, 0.1) is 11.6 Å². The van der Waals surface area contributed by atoms with E-state index in [9.17, 15) is 9.59 Å². The molecular weight excluding hydrogens is 260 g/mol. The van der Waals surface area contributed by atoms with E-state index < -0.39 is 18.0 Å². The lowest BCUT2D eigenvalue weighted by molar-refractivity contribution is -0.146. The number of aromatic nitrogens is 1. The minimum absolute atomic E-state index is 0.294. The van der Waals surface area contributed by atoms with E-state index in [1.165, 1.54) is 6.07 Å². The summed E-state index contributed by atoms with van der Waals surface area (Å²) in [5, 5.41) is 20.4. The molecule has 0 unspecified atom stereocenters. The zero-order valence-electron chi connectivity index (χ0n) is 9.47. The predicted octanol–water partition coefficient (Wildman–Crippen LogP) is 0.652. The Morgan fingerprint density at radius 2 is 2.22 bits per heavy atom. The minimum Gasteiger partial charge on any atom is -0.479 e. The Bertz CT molecular complexity index is 481. The number of aliphatic hydroxyl groups is 1. The zero-order chi connectivity index (χ0) is 13.3. The van der Waals surface area contributed by atoms with E-state index in [4.69, 9.17) is 21.8 Å². The standard InChI is InChI=1S/C11H13ClN2O4/c12-6-3-8(14(5-6)7-1-2-7)10(16)13-4-9(15)11(17)18/h3,5,7,9,15H,1-2,4H2,(H,13,16)(H,17,18)/t9-/m0/s1. The van der Waals surface area contributed by atoms with Crippen molar-refractivity contribution >= 4 is 23.5 Å². The first-order valence-electron chi connectivity index (χ1n) is 5.55. The fourth-order valence-corrected chi connectivity index (χ4v) is 1.86. The molecule has 98 valence electrons. The van der Waals surface area contributed by atoms with Gasteiger partial charge in [-0.25, -0.2) is 4.79 Å². The van der Waals surface area contributed by atoms with Crippen LogP contribution in [-0.2, 0) is 4.79 Å². The molecule has 1 saturated carbocycles. The Balaban J connectivity index is 2.02. The number of carboxylic acid groups (broad SMARTS) is 1. The first-order chi connectivity index (χ1) is 8.49. The smallest absolute Gasteiger partial charge is 0.334 e. The third-order valence-corrected chi connectivity index (χ3v) is 2.94. The molecule has 1 heterocycles. The lowest BCUT2D eigenvalue weighted by atomic mass is 10.3. The monoisotopic (exact) mass is 272 g/mol. The molecule has 0 spiro atoms. The van der Waals surface area contributed by atoms with Gasteiger partial charge in [-0.1, -0.05) is 11.6 Å². The Labute approximate surface area is 108 Å². The molecule has 0 bridgehead atoms. The molecule has 1 aromatic heterocycles. The maximum atomic E-state index is 11.8. The van der Waals surface area contributed by atoms with Crippen molar-refractivity contribution in [2.45, 2.75) is 25.0 Å². The van der Waals surface area contributed by atoms with E-state index in [-0.39, 0.29) is 6.54 Å². The number of nitrogens with zero attached hydrogens (tertiary/aromatic N) is 1. The number of aliphatic hydroxyl groups excluding tert-OH is 1. The quantitative estimate of drug-likeness (QED) is 0.734. The van der Waals surface area contributed by atoms with Crippen LogP contribution in [0.3, 0.4) is 0 Å². The number of halogens is 1. The number of aliphatic carboxylic acids is 1. The molecule has 1 aliphatic rings. The van der Waals surface area contributed by atoms with Crippen LogP contribution in [0.5, 0.6) is 0 Å². The molecule has 1 aliphatic carbocycles. The molecule has 18 heavy (non-hydrogen) atoms. The van der Waals surface area contributed by atoms with Crippen molar-refractivity contribution in [1.82, 2.24) is 9.88 Å².